The third-order valence-electron chi connectivity index (χ3n) is 1.25. The van der Waals surface area contributed by atoms with Gasteiger partial charge in [-0.15, -0.1) is 0 Å². The largest absolute Gasteiger partial charge is 0.411 e. The molecule has 1 N–H and O–H groups in total. The van der Waals surface area contributed by atoms with Crippen LogP contribution >= 0.6 is 8.69 Å². The summed E-state index contributed by atoms with van der Waals surface area (Å²) in [7, 11) is -0.428. The molecule has 0 aliphatic heterocycles. The van der Waals surface area contributed by atoms with Crippen molar-refractivity contribution in [1.82, 2.24) is 0 Å². The molecule has 0 radical (unpaired) electrons. The Hall–Kier alpha value is -1.41. The molecule has 4 nitrogen and oxygen atoms in total. The van der Waals surface area contributed by atoms with Gasteiger partial charge in [0, 0.05) is 5.56 Å². The van der Waals surface area contributed by atoms with Crippen molar-refractivity contribution in [3.8, 4) is 5.75 Å². The lowest BCUT2D eigenvalue weighted by Gasteiger charge is -1.98. The van der Waals surface area contributed by atoms with E-state index in [0.717, 1.165) is 0 Å². The molecule has 1 aromatic carbocycles. The Kier molecular flexibility index (Phi) is 3.23. The minimum Gasteiger partial charge on any atom is -0.411 e. The van der Waals surface area contributed by atoms with Crippen LogP contribution in [0.15, 0.2) is 29.4 Å². The first-order chi connectivity index (χ1) is 5.88. The Morgan fingerprint density at radius 3 is 2.92 bits per heavy atom. The Morgan fingerprint density at radius 2 is 2.25 bits per heavy atom. The summed E-state index contributed by atoms with van der Waals surface area (Å²) in [6.07, 6.45) is 1.21. The topological polar surface area (TPSA) is 58.9 Å². The molecule has 0 aliphatic carbocycles. The average Bonchev–Trinajstić information content (AvgIpc) is 2.09. The van der Waals surface area contributed by atoms with E-state index in [1.54, 1.807) is 24.3 Å². The molecule has 1 aromatic rings. The fraction of sp³-hybridized carbons (Fsp3) is 0. The van der Waals surface area contributed by atoms with E-state index in [1.807, 2.05) is 0 Å². The third-order valence-corrected chi connectivity index (χ3v) is 1.52. The second-order valence-corrected chi connectivity index (χ2v) is 2.28. The first-order valence-corrected chi connectivity index (χ1v) is 3.87. The van der Waals surface area contributed by atoms with E-state index in [2.05, 4.69) is 5.16 Å². The van der Waals surface area contributed by atoms with E-state index >= 15 is 0 Å². The molecule has 0 fully saturated rings. The zero-order valence-corrected chi connectivity index (χ0v) is 6.94. The normalized spacial score (nSPS) is 10.7. The number of benzene rings is 1. The molecule has 0 heterocycles. The molecule has 0 unspecified atom stereocenters. The van der Waals surface area contributed by atoms with Crippen LogP contribution in [0.1, 0.15) is 5.56 Å². The minimum atomic E-state index is -0.428. The smallest absolute Gasteiger partial charge is 0.395 e. The predicted octanol–water partition coefficient (Wildman–Crippen LogP) is 2.08. The van der Waals surface area contributed by atoms with Gasteiger partial charge in [-0.25, -0.2) is 4.57 Å². The molecule has 0 saturated carbocycles. The van der Waals surface area contributed by atoms with E-state index in [9.17, 15) is 4.57 Å². The number of hydrogen-bond acceptors (Lipinski definition) is 4. The average molecular weight is 183 g/mol. The van der Waals surface area contributed by atoms with Gasteiger partial charge in [-0.05, 0) is 12.1 Å². The Balaban J connectivity index is 2.99. The van der Waals surface area contributed by atoms with Gasteiger partial charge in [0.05, 0.1) is 6.21 Å². The quantitative estimate of drug-likeness (QED) is 0.337. The van der Waals surface area contributed by atoms with Crippen LogP contribution in [0.25, 0.3) is 0 Å². The number of para-hydroxylation sites is 1. The van der Waals surface area contributed by atoms with Crippen molar-refractivity contribution in [3.05, 3.63) is 29.8 Å². The molecule has 0 spiro atoms. The Labute approximate surface area is 70.8 Å². The highest BCUT2D eigenvalue weighted by Gasteiger charge is 1.99. The van der Waals surface area contributed by atoms with Crippen LogP contribution in [0, 0.1) is 0 Å². The van der Waals surface area contributed by atoms with Crippen molar-refractivity contribution >= 4 is 14.9 Å². The van der Waals surface area contributed by atoms with Gasteiger partial charge in [0.1, 0.15) is 5.75 Å². The van der Waals surface area contributed by atoms with E-state index < -0.39 is 8.69 Å². The van der Waals surface area contributed by atoms with E-state index in [4.69, 9.17) is 9.73 Å². The summed E-state index contributed by atoms with van der Waals surface area (Å²) >= 11 is 0. The first-order valence-electron chi connectivity index (χ1n) is 3.14. The van der Waals surface area contributed by atoms with Crippen LogP contribution in [-0.4, -0.2) is 11.4 Å². The number of oxime groups is 1. The Bertz CT molecular complexity index is 300. The molecule has 12 heavy (non-hydrogen) atoms. The van der Waals surface area contributed by atoms with Crippen LogP contribution in [0.3, 0.4) is 0 Å². The van der Waals surface area contributed by atoms with E-state index in [0.29, 0.717) is 11.3 Å². The van der Waals surface area contributed by atoms with Gasteiger partial charge in [-0.1, -0.05) is 17.3 Å². The lowest BCUT2D eigenvalue weighted by Crippen LogP contribution is -1.85. The van der Waals surface area contributed by atoms with Gasteiger partial charge in [0.15, 0.2) is 0 Å². The predicted molar refractivity (Wildman–Crippen MR) is 44.1 cm³/mol. The van der Waals surface area contributed by atoms with Crippen LogP contribution < -0.4 is 4.52 Å². The van der Waals surface area contributed by atoms with Crippen LogP contribution in [0.4, 0.5) is 0 Å². The lowest BCUT2D eigenvalue weighted by atomic mass is 10.2. The maximum absolute atomic E-state index is 10.1. The summed E-state index contributed by atoms with van der Waals surface area (Å²) in [6.45, 7) is 0. The minimum absolute atomic E-state index is 0.409. The first kappa shape index (κ1) is 8.68. The lowest BCUT2D eigenvalue weighted by molar-refractivity contribution is 0.321. The fourth-order valence-electron chi connectivity index (χ4n) is 0.773. The van der Waals surface area contributed by atoms with Gasteiger partial charge in [-0.2, -0.15) is 0 Å². The van der Waals surface area contributed by atoms with Crippen LogP contribution in [-0.2, 0) is 4.57 Å². The molecular formula is C7H6NO3P. The molecule has 1 rings (SSSR count). The maximum Gasteiger partial charge on any atom is 0.395 e. The number of rotatable bonds is 3. The molecule has 0 amide bonds. The van der Waals surface area contributed by atoms with Crippen LogP contribution in [0.2, 0.25) is 0 Å². The van der Waals surface area contributed by atoms with E-state index in [-0.39, 0.29) is 0 Å². The van der Waals surface area contributed by atoms with Gasteiger partial charge < -0.3 is 9.73 Å². The molecule has 0 bridgehead atoms. The van der Waals surface area contributed by atoms with Crippen LogP contribution in [0.5, 0.6) is 5.75 Å². The van der Waals surface area contributed by atoms with Crippen molar-refractivity contribution in [3.63, 3.8) is 0 Å². The summed E-state index contributed by atoms with van der Waals surface area (Å²) in [4.78, 5) is 0. The zero-order chi connectivity index (χ0) is 8.81. The molecular weight excluding hydrogens is 177 g/mol. The monoisotopic (exact) mass is 183 g/mol. The van der Waals surface area contributed by atoms with Gasteiger partial charge >= 0.3 is 8.69 Å². The summed E-state index contributed by atoms with van der Waals surface area (Å²) in [6, 6.07) is 6.79. The zero-order valence-electron chi connectivity index (χ0n) is 6.04. The van der Waals surface area contributed by atoms with E-state index in [1.165, 1.54) is 6.21 Å². The van der Waals surface area contributed by atoms with Crippen molar-refractivity contribution in [2.24, 2.45) is 5.16 Å². The second kappa shape index (κ2) is 4.46. The molecule has 5 heteroatoms. The molecule has 0 atom stereocenters. The van der Waals surface area contributed by atoms with Gasteiger partial charge in [0.2, 0.25) is 0 Å². The fourth-order valence-corrected chi connectivity index (χ4v) is 1.02. The van der Waals surface area contributed by atoms with Crippen molar-refractivity contribution in [1.29, 1.82) is 0 Å². The molecule has 0 saturated heterocycles. The SMILES string of the molecule is O=POc1ccccc1C=NO. The molecule has 0 aromatic heterocycles. The second-order valence-electron chi connectivity index (χ2n) is 1.95. The van der Waals surface area contributed by atoms with Crippen molar-refractivity contribution in [2.75, 3.05) is 0 Å². The van der Waals surface area contributed by atoms with Crippen molar-refractivity contribution in [2.45, 2.75) is 0 Å². The maximum atomic E-state index is 10.1. The summed E-state index contributed by atoms with van der Waals surface area (Å²) in [5, 5.41) is 11.1. The Morgan fingerprint density at radius 1 is 1.50 bits per heavy atom. The summed E-state index contributed by atoms with van der Waals surface area (Å²) in [5.41, 5.74) is 0.573. The third kappa shape index (κ3) is 2.04. The highest BCUT2D eigenvalue weighted by Crippen LogP contribution is 2.19. The highest BCUT2D eigenvalue weighted by molar-refractivity contribution is 7.17. The summed E-state index contributed by atoms with van der Waals surface area (Å²) < 4.78 is 14.8. The summed E-state index contributed by atoms with van der Waals surface area (Å²) in [5.74, 6) is 0.409. The number of nitrogens with zero attached hydrogens (tertiary/aromatic N) is 1. The highest BCUT2D eigenvalue weighted by atomic mass is 31.1. The molecule has 0 aliphatic rings. The standard InChI is InChI=1S/C7H6NO3P/c9-8-5-6-3-1-2-4-7(6)11-12-10/h1-5,9H. The van der Waals surface area contributed by atoms with Crippen molar-refractivity contribution < 1.29 is 14.3 Å². The molecule has 62 valence electrons. The van der Waals surface area contributed by atoms with Gasteiger partial charge in [0.25, 0.3) is 0 Å². The van der Waals surface area contributed by atoms with Gasteiger partial charge in [-0.3, -0.25) is 0 Å². The number of hydrogen-bond donors (Lipinski definition) is 1.